The topological polar surface area (TPSA) is 36.1 Å². The Balaban J connectivity index is 2.04. The number of hydrogen-bond donors (Lipinski definition) is 3. The molecule has 0 aromatic carbocycles. The summed E-state index contributed by atoms with van der Waals surface area (Å²) in [7, 11) is 0. The molecule has 0 amide bonds. The van der Waals surface area contributed by atoms with Crippen LogP contribution in [0.25, 0.3) is 0 Å². The van der Waals surface area contributed by atoms with E-state index in [4.69, 9.17) is 0 Å². The molecule has 2 saturated heterocycles. The van der Waals surface area contributed by atoms with Crippen LogP contribution < -0.4 is 15.6 Å². The van der Waals surface area contributed by atoms with E-state index in [2.05, 4.69) is 15.6 Å². The van der Waals surface area contributed by atoms with Crippen LogP contribution in [0.3, 0.4) is 0 Å². The third-order valence-corrected chi connectivity index (χ3v) is 3.08. The zero-order valence-electron chi connectivity index (χ0n) is 5.24. The highest BCUT2D eigenvalue weighted by Gasteiger charge is 2.37. The zero-order valence-corrected chi connectivity index (χ0v) is 6.05. The molecule has 9 heavy (non-hydrogen) atoms. The zero-order chi connectivity index (χ0) is 6.16. The van der Waals surface area contributed by atoms with E-state index in [1.54, 1.807) is 0 Å². The molecule has 0 saturated carbocycles. The average molecular weight is 145 g/mol. The molecule has 2 fully saturated rings. The Morgan fingerprint density at radius 2 is 1.89 bits per heavy atom. The fraction of sp³-hybridized carbons (Fsp3) is 1.00. The van der Waals surface area contributed by atoms with Gasteiger partial charge in [-0.3, -0.25) is 15.6 Å². The van der Waals surface area contributed by atoms with Crippen molar-refractivity contribution < 1.29 is 0 Å². The largest absolute Gasteiger partial charge is 0.263 e. The summed E-state index contributed by atoms with van der Waals surface area (Å²) in [6.07, 6.45) is 0. The Kier molecular flexibility index (Phi) is 1.41. The highest BCUT2D eigenvalue weighted by molar-refractivity contribution is 7.97. The number of hydrazine groups is 1. The Hall–Kier alpha value is 0.230. The van der Waals surface area contributed by atoms with E-state index < -0.39 is 0 Å². The van der Waals surface area contributed by atoms with Gasteiger partial charge in [-0.2, -0.15) is 0 Å². The number of rotatable bonds is 0. The second-order valence-corrected chi connectivity index (χ2v) is 3.68. The van der Waals surface area contributed by atoms with E-state index in [0.29, 0.717) is 5.41 Å². The molecule has 0 aliphatic carbocycles. The number of hydrogen-bond acceptors (Lipinski definition) is 4. The van der Waals surface area contributed by atoms with E-state index in [-0.39, 0.29) is 0 Å². The maximum absolute atomic E-state index is 3.29. The van der Waals surface area contributed by atoms with Crippen LogP contribution in [0.4, 0.5) is 0 Å². The molecule has 0 atom stereocenters. The lowest BCUT2D eigenvalue weighted by molar-refractivity contribution is 0.421. The monoisotopic (exact) mass is 145 g/mol. The van der Waals surface area contributed by atoms with E-state index in [9.17, 15) is 0 Å². The molecule has 1 spiro atoms. The van der Waals surface area contributed by atoms with Crippen LogP contribution in [0.15, 0.2) is 0 Å². The summed E-state index contributed by atoms with van der Waals surface area (Å²) < 4.78 is 3.29. The first-order valence-electron chi connectivity index (χ1n) is 3.22. The van der Waals surface area contributed by atoms with Gasteiger partial charge in [-0.15, -0.1) is 0 Å². The maximum Gasteiger partial charge on any atom is 0.0217 e. The highest BCUT2D eigenvalue weighted by Crippen LogP contribution is 2.27. The Morgan fingerprint density at radius 1 is 1.11 bits per heavy atom. The molecule has 2 aliphatic heterocycles. The summed E-state index contributed by atoms with van der Waals surface area (Å²) in [5, 5.41) is 0. The average Bonchev–Trinajstić information content (AvgIpc) is 2.45. The molecular weight excluding hydrogens is 134 g/mol. The molecule has 3 N–H and O–H groups in total. The molecule has 2 aliphatic rings. The van der Waals surface area contributed by atoms with Crippen LogP contribution in [0.5, 0.6) is 0 Å². The maximum atomic E-state index is 3.29. The van der Waals surface area contributed by atoms with Gasteiger partial charge in [-0.05, 0) is 0 Å². The Morgan fingerprint density at radius 3 is 2.44 bits per heavy atom. The second kappa shape index (κ2) is 2.12. The van der Waals surface area contributed by atoms with E-state index in [1.807, 2.05) is 11.9 Å². The summed E-state index contributed by atoms with van der Waals surface area (Å²) in [6.45, 7) is 3.39. The van der Waals surface area contributed by atoms with Crippen molar-refractivity contribution in [3.05, 3.63) is 0 Å². The number of nitrogens with one attached hydrogen (secondary N) is 3. The van der Waals surface area contributed by atoms with Crippen LogP contribution in [0.2, 0.25) is 0 Å². The lowest BCUT2D eigenvalue weighted by atomic mass is 9.93. The van der Waals surface area contributed by atoms with E-state index in [0.717, 1.165) is 19.6 Å². The standard InChI is InChI=1S/C5H11N3S/c1-5(2-7-6-1)3-8-9-4-5/h6-8H,1-4H2. The first kappa shape index (κ1) is 5.97. The van der Waals surface area contributed by atoms with Crippen molar-refractivity contribution in [2.24, 2.45) is 5.41 Å². The second-order valence-electron chi connectivity index (χ2n) is 2.82. The summed E-state index contributed by atoms with van der Waals surface area (Å²) in [5.74, 6) is 1.24. The molecule has 2 rings (SSSR count). The van der Waals surface area contributed by atoms with Crippen molar-refractivity contribution in [3.63, 3.8) is 0 Å². The predicted octanol–water partition coefficient (Wildman–Crippen LogP) is -0.668. The summed E-state index contributed by atoms with van der Waals surface area (Å²) in [5.41, 5.74) is 6.82. The molecule has 3 nitrogen and oxygen atoms in total. The molecule has 0 radical (unpaired) electrons. The lowest BCUT2D eigenvalue weighted by Crippen LogP contribution is -2.31. The molecule has 0 aromatic heterocycles. The first-order chi connectivity index (χ1) is 4.41. The minimum atomic E-state index is 0.519. The van der Waals surface area contributed by atoms with Crippen LogP contribution >= 0.6 is 11.9 Å². The van der Waals surface area contributed by atoms with Crippen LogP contribution in [-0.2, 0) is 0 Å². The van der Waals surface area contributed by atoms with Crippen LogP contribution in [-0.4, -0.2) is 25.4 Å². The summed E-state index contributed by atoms with van der Waals surface area (Å²) in [4.78, 5) is 0. The van der Waals surface area contributed by atoms with Crippen molar-refractivity contribution in [1.29, 1.82) is 0 Å². The SMILES string of the molecule is C1NNCC12CNSC2. The Labute approximate surface area is 59.1 Å². The van der Waals surface area contributed by atoms with Gasteiger partial charge >= 0.3 is 0 Å². The van der Waals surface area contributed by atoms with Gasteiger partial charge < -0.3 is 0 Å². The smallest absolute Gasteiger partial charge is 0.0217 e. The lowest BCUT2D eigenvalue weighted by Gasteiger charge is -2.16. The van der Waals surface area contributed by atoms with Gasteiger partial charge in [0.1, 0.15) is 0 Å². The molecule has 0 unspecified atom stereocenters. The van der Waals surface area contributed by atoms with Gasteiger partial charge in [0.25, 0.3) is 0 Å². The third kappa shape index (κ3) is 0.961. The van der Waals surface area contributed by atoms with E-state index >= 15 is 0 Å². The van der Waals surface area contributed by atoms with Crippen LogP contribution in [0.1, 0.15) is 0 Å². The summed E-state index contributed by atoms with van der Waals surface area (Å²) in [6, 6.07) is 0. The predicted molar refractivity (Wildman–Crippen MR) is 38.9 cm³/mol. The van der Waals surface area contributed by atoms with Crippen LogP contribution in [0, 0.1) is 5.41 Å². The molecule has 0 aromatic rings. The molecule has 0 bridgehead atoms. The van der Waals surface area contributed by atoms with Gasteiger partial charge in [0.2, 0.25) is 0 Å². The van der Waals surface area contributed by atoms with Crippen molar-refractivity contribution in [3.8, 4) is 0 Å². The van der Waals surface area contributed by atoms with Crippen molar-refractivity contribution >= 4 is 11.9 Å². The quantitative estimate of drug-likeness (QED) is 0.395. The highest BCUT2D eigenvalue weighted by atomic mass is 32.2. The van der Waals surface area contributed by atoms with Crippen molar-refractivity contribution in [2.75, 3.05) is 25.4 Å². The fourth-order valence-electron chi connectivity index (χ4n) is 1.25. The van der Waals surface area contributed by atoms with Gasteiger partial charge in [0.05, 0.1) is 0 Å². The Bertz CT molecular complexity index is 87.3. The normalized spacial score (nSPS) is 32.0. The third-order valence-electron chi connectivity index (χ3n) is 1.98. The minimum absolute atomic E-state index is 0.519. The first-order valence-corrected chi connectivity index (χ1v) is 4.20. The van der Waals surface area contributed by atoms with Gasteiger partial charge in [-0.1, -0.05) is 11.9 Å². The molecule has 2 heterocycles. The molecular formula is C5H11N3S. The minimum Gasteiger partial charge on any atom is -0.263 e. The molecule has 52 valence electrons. The molecule has 4 heteroatoms. The van der Waals surface area contributed by atoms with Gasteiger partial charge in [0.15, 0.2) is 0 Å². The van der Waals surface area contributed by atoms with E-state index in [1.165, 1.54) is 5.75 Å². The van der Waals surface area contributed by atoms with Gasteiger partial charge in [0, 0.05) is 30.8 Å². The van der Waals surface area contributed by atoms with Crippen molar-refractivity contribution in [1.82, 2.24) is 15.6 Å². The fourth-order valence-corrected chi connectivity index (χ4v) is 2.37. The van der Waals surface area contributed by atoms with Crippen molar-refractivity contribution in [2.45, 2.75) is 0 Å². The van der Waals surface area contributed by atoms with Gasteiger partial charge in [-0.25, -0.2) is 0 Å². The summed E-state index contributed by atoms with van der Waals surface area (Å²) >= 11 is 1.84.